The average molecular weight is 574 g/mol. The molecule has 1 aromatic heterocycles. The van der Waals surface area contributed by atoms with Crippen LogP contribution in [0.3, 0.4) is 0 Å². The van der Waals surface area contributed by atoms with E-state index in [1.165, 1.54) is 22.7 Å². The number of carbonyl (C=O) groups is 3. The molecule has 0 radical (unpaired) electrons. The standard InChI is InChI=1S/C31H35N5O4S/c32-29(33)22-15-26(41-19-22)17-34-30(39)27-16-31(13-5-2-6-14-31)20-36(27)28(38)18-35(21-37)23-9-11-25(12-10-23)40-24-7-3-1-4-8-24/h1,3-4,7-12,15,19,21,27H,2,5-6,13-14,16-18,20H2,(H3,32,33)(H,34,39)/t27-/m0/s1. The Morgan fingerprint density at radius 3 is 2.46 bits per heavy atom. The number of para-hydroxylation sites is 1. The highest BCUT2D eigenvalue weighted by atomic mass is 32.1. The summed E-state index contributed by atoms with van der Waals surface area (Å²) in [7, 11) is 0. The van der Waals surface area contributed by atoms with Crippen molar-refractivity contribution in [2.75, 3.05) is 18.0 Å². The summed E-state index contributed by atoms with van der Waals surface area (Å²) < 4.78 is 5.84. The van der Waals surface area contributed by atoms with Gasteiger partial charge in [0.1, 0.15) is 29.9 Å². The Morgan fingerprint density at radius 2 is 1.80 bits per heavy atom. The SMILES string of the molecule is N=C(N)c1csc(CNC(=O)[C@@H]2CC3(CCCCC3)CN2C(=O)CN(C=O)c2ccc(Oc3ccccc3)cc2)c1. The summed E-state index contributed by atoms with van der Waals surface area (Å²) in [6, 6.07) is 17.6. The lowest BCUT2D eigenvalue weighted by molar-refractivity contribution is -0.137. The summed E-state index contributed by atoms with van der Waals surface area (Å²) in [4.78, 5) is 43.1. The highest BCUT2D eigenvalue weighted by molar-refractivity contribution is 7.10. The Morgan fingerprint density at radius 1 is 1.10 bits per heavy atom. The van der Waals surface area contributed by atoms with Crippen LogP contribution in [0.25, 0.3) is 0 Å². The van der Waals surface area contributed by atoms with Gasteiger partial charge in [0.05, 0.1) is 6.54 Å². The van der Waals surface area contributed by atoms with E-state index >= 15 is 0 Å². The molecule has 5 rings (SSSR count). The molecule has 1 aliphatic carbocycles. The second-order valence-electron chi connectivity index (χ2n) is 10.9. The second-order valence-corrected chi connectivity index (χ2v) is 11.9. The van der Waals surface area contributed by atoms with Crippen molar-refractivity contribution in [3.8, 4) is 11.5 Å². The zero-order valence-corrected chi connectivity index (χ0v) is 23.7. The average Bonchev–Trinajstić information content (AvgIpc) is 3.62. The summed E-state index contributed by atoms with van der Waals surface area (Å²) >= 11 is 1.43. The zero-order valence-electron chi connectivity index (χ0n) is 22.9. The minimum atomic E-state index is -0.594. The van der Waals surface area contributed by atoms with Gasteiger partial charge in [-0.25, -0.2) is 0 Å². The van der Waals surface area contributed by atoms with E-state index < -0.39 is 6.04 Å². The summed E-state index contributed by atoms with van der Waals surface area (Å²) in [5.74, 6) is 0.867. The van der Waals surface area contributed by atoms with Crippen molar-refractivity contribution >= 4 is 41.1 Å². The highest BCUT2D eigenvalue weighted by Gasteiger charge is 2.48. The van der Waals surface area contributed by atoms with E-state index in [1.807, 2.05) is 30.3 Å². The van der Waals surface area contributed by atoms with E-state index in [4.69, 9.17) is 15.9 Å². The minimum Gasteiger partial charge on any atom is -0.457 e. The van der Waals surface area contributed by atoms with Gasteiger partial charge in [-0.2, -0.15) is 0 Å². The molecule has 0 bridgehead atoms. The molecule has 10 heteroatoms. The number of hydrogen-bond donors (Lipinski definition) is 3. The lowest BCUT2D eigenvalue weighted by Gasteiger charge is -2.33. The lowest BCUT2D eigenvalue weighted by atomic mass is 9.72. The smallest absolute Gasteiger partial charge is 0.243 e. The Labute approximate surface area is 243 Å². The van der Waals surface area contributed by atoms with E-state index in [0.717, 1.165) is 30.6 Å². The number of nitrogens with two attached hydrogens (primary N) is 1. The normalized spacial score (nSPS) is 17.7. The summed E-state index contributed by atoms with van der Waals surface area (Å²) in [5, 5.41) is 12.4. The van der Waals surface area contributed by atoms with Crippen molar-refractivity contribution in [1.82, 2.24) is 10.2 Å². The first-order valence-corrected chi connectivity index (χ1v) is 14.8. The molecule has 2 aliphatic rings. The molecule has 9 nitrogen and oxygen atoms in total. The molecule has 2 fully saturated rings. The van der Waals surface area contributed by atoms with Gasteiger partial charge < -0.3 is 25.6 Å². The van der Waals surface area contributed by atoms with Crippen LogP contribution in [0.1, 0.15) is 49.0 Å². The first-order valence-electron chi connectivity index (χ1n) is 13.9. The topological polar surface area (TPSA) is 129 Å². The number of ether oxygens (including phenoxy) is 1. The molecule has 1 spiro atoms. The minimum absolute atomic E-state index is 0.0104. The first kappa shape index (κ1) is 28.4. The third-order valence-corrected chi connectivity index (χ3v) is 8.96. The number of thiophene rings is 1. The van der Waals surface area contributed by atoms with Gasteiger partial charge >= 0.3 is 0 Å². The van der Waals surface area contributed by atoms with Gasteiger partial charge in [0.25, 0.3) is 0 Å². The second kappa shape index (κ2) is 12.6. The summed E-state index contributed by atoms with van der Waals surface area (Å²) in [5.41, 5.74) is 6.70. The van der Waals surface area contributed by atoms with Crippen LogP contribution in [0.15, 0.2) is 66.0 Å². The monoisotopic (exact) mass is 573 g/mol. The van der Waals surface area contributed by atoms with Crippen LogP contribution in [0.5, 0.6) is 11.5 Å². The third kappa shape index (κ3) is 6.77. The van der Waals surface area contributed by atoms with Crippen molar-refractivity contribution in [2.45, 2.75) is 51.1 Å². The Kier molecular flexibility index (Phi) is 8.68. The molecule has 3 aromatic rings. The predicted octanol–water partition coefficient (Wildman–Crippen LogP) is 4.66. The van der Waals surface area contributed by atoms with Gasteiger partial charge in [-0.1, -0.05) is 37.5 Å². The molecule has 1 saturated carbocycles. The predicted molar refractivity (Wildman–Crippen MR) is 159 cm³/mol. The number of nitrogen functional groups attached to an aromatic ring is 1. The summed E-state index contributed by atoms with van der Waals surface area (Å²) in [6.07, 6.45) is 6.62. The molecule has 2 aromatic carbocycles. The van der Waals surface area contributed by atoms with Gasteiger partial charge in [0.2, 0.25) is 18.2 Å². The fraction of sp³-hybridized carbons (Fsp3) is 0.355. The van der Waals surface area contributed by atoms with Crippen molar-refractivity contribution in [1.29, 1.82) is 5.41 Å². The van der Waals surface area contributed by atoms with E-state index in [9.17, 15) is 14.4 Å². The van der Waals surface area contributed by atoms with Crippen molar-refractivity contribution in [3.63, 3.8) is 0 Å². The van der Waals surface area contributed by atoms with Crippen molar-refractivity contribution < 1.29 is 19.1 Å². The van der Waals surface area contributed by atoms with Gasteiger partial charge in [-0.3, -0.25) is 19.8 Å². The van der Waals surface area contributed by atoms with Crippen LogP contribution in [0.4, 0.5) is 5.69 Å². The van der Waals surface area contributed by atoms with E-state index in [2.05, 4.69) is 5.32 Å². The van der Waals surface area contributed by atoms with Crippen LogP contribution in [-0.4, -0.2) is 48.1 Å². The largest absolute Gasteiger partial charge is 0.457 e. The van der Waals surface area contributed by atoms with Gasteiger partial charge in [0, 0.05) is 28.1 Å². The van der Waals surface area contributed by atoms with Gasteiger partial charge in [-0.05, 0) is 67.1 Å². The Balaban J connectivity index is 1.27. The van der Waals surface area contributed by atoms with E-state index in [1.54, 1.807) is 40.6 Å². The van der Waals surface area contributed by atoms with Crippen LogP contribution in [-0.2, 0) is 20.9 Å². The lowest BCUT2D eigenvalue weighted by Crippen LogP contribution is -2.49. The number of benzene rings is 2. The molecule has 1 saturated heterocycles. The number of carbonyl (C=O) groups excluding carboxylic acids is 3. The van der Waals surface area contributed by atoms with Crippen LogP contribution in [0, 0.1) is 10.8 Å². The number of anilines is 1. The molecule has 1 aliphatic heterocycles. The van der Waals surface area contributed by atoms with Crippen LogP contribution in [0.2, 0.25) is 0 Å². The molecule has 214 valence electrons. The maximum atomic E-state index is 13.7. The highest BCUT2D eigenvalue weighted by Crippen LogP contribution is 2.46. The maximum absolute atomic E-state index is 13.7. The number of nitrogens with one attached hydrogen (secondary N) is 2. The molecule has 2 heterocycles. The fourth-order valence-electron chi connectivity index (χ4n) is 5.88. The van der Waals surface area contributed by atoms with Gasteiger partial charge in [0.15, 0.2) is 0 Å². The number of likely N-dealkylation sites (tertiary alicyclic amines) is 1. The molecular weight excluding hydrogens is 538 g/mol. The molecule has 1 atom stereocenters. The van der Waals surface area contributed by atoms with Crippen molar-refractivity contribution in [2.24, 2.45) is 11.1 Å². The van der Waals surface area contributed by atoms with E-state index in [0.29, 0.717) is 48.7 Å². The molecule has 4 N–H and O–H groups in total. The number of amidine groups is 1. The molecule has 0 unspecified atom stereocenters. The molecular formula is C31H35N5O4S. The Hall–Kier alpha value is -4.18. The number of amides is 3. The quantitative estimate of drug-likeness (QED) is 0.185. The molecule has 3 amide bonds. The number of hydrogen-bond acceptors (Lipinski definition) is 6. The zero-order chi connectivity index (χ0) is 28.8. The third-order valence-electron chi connectivity index (χ3n) is 8.03. The maximum Gasteiger partial charge on any atom is 0.243 e. The van der Waals surface area contributed by atoms with Gasteiger partial charge in [-0.15, -0.1) is 11.3 Å². The summed E-state index contributed by atoms with van der Waals surface area (Å²) in [6.45, 7) is 0.670. The van der Waals surface area contributed by atoms with Crippen LogP contribution >= 0.6 is 11.3 Å². The van der Waals surface area contributed by atoms with Crippen molar-refractivity contribution in [3.05, 3.63) is 76.5 Å². The van der Waals surface area contributed by atoms with E-state index in [-0.39, 0.29) is 29.6 Å². The number of nitrogens with zero attached hydrogens (tertiary/aromatic N) is 2. The first-order chi connectivity index (χ1) is 19.9. The van der Waals surface area contributed by atoms with Crippen LogP contribution < -0.4 is 20.7 Å². The fourth-order valence-corrected chi connectivity index (χ4v) is 6.70. The Bertz CT molecular complexity index is 1390. The number of rotatable bonds is 10. The molecule has 41 heavy (non-hydrogen) atoms.